The second kappa shape index (κ2) is 5.72. The first-order valence-electron chi connectivity index (χ1n) is 6.46. The molecule has 0 aromatic heterocycles. The van der Waals surface area contributed by atoms with E-state index in [4.69, 9.17) is 4.74 Å². The second-order valence-electron chi connectivity index (χ2n) is 4.74. The van der Waals surface area contributed by atoms with Gasteiger partial charge in [0, 0.05) is 10.5 Å². The summed E-state index contributed by atoms with van der Waals surface area (Å²) in [6, 6.07) is 11.6. The molecule has 7 heteroatoms. The van der Waals surface area contributed by atoms with Crippen LogP contribution in [-0.2, 0) is 0 Å². The molecule has 1 aliphatic heterocycles. The van der Waals surface area contributed by atoms with Gasteiger partial charge in [0.1, 0.15) is 17.6 Å². The van der Waals surface area contributed by atoms with Crippen LogP contribution in [0.4, 0.5) is 18.9 Å². The Labute approximate surface area is 133 Å². The fraction of sp³-hybridized carbons (Fsp3) is 0.200. The fourth-order valence-electron chi connectivity index (χ4n) is 2.20. The molecule has 2 aromatic carbocycles. The normalized spacial score (nSPS) is 17.2. The average Bonchev–Trinajstić information content (AvgIpc) is 2.45. The maximum absolute atomic E-state index is 12.3. The number of fused-ring (bicyclic) bond motifs is 1. The lowest BCUT2D eigenvalue weighted by Crippen LogP contribution is -2.24. The summed E-state index contributed by atoms with van der Waals surface area (Å²) in [4.78, 5) is 0. The van der Waals surface area contributed by atoms with Gasteiger partial charge in [-0.05, 0) is 29.8 Å². The SMILES string of the molecule is FC(F)(F)Oc1ccc2c(c1)OC(c1ccc(Br)cc1)CN2. The summed E-state index contributed by atoms with van der Waals surface area (Å²) in [5.74, 6) is 0.0328. The average molecular weight is 374 g/mol. The van der Waals surface area contributed by atoms with Crippen LogP contribution in [-0.4, -0.2) is 12.9 Å². The van der Waals surface area contributed by atoms with E-state index in [1.165, 1.54) is 18.2 Å². The first-order chi connectivity index (χ1) is 10.4. The van der Waals surface area contributed by atoms with E-state index >= 15 is 0 Å². The molecule has 116 valence electrons. The van der Waals surface area contributed by atoms with E-state index in [9.17, 15) is 13.2 Å². The van der Waals surface area contributed by atoms with Crippen molar-refractivity contribution in [2.75, 3.05) is 11.9 Å². The molecule has 22 heavy (non-hydrogen) atoms. The molecule has 0 spiro atoms. The zero-order chi connectivity index (χ0) is 15.7. The number of ether oxygens (including phenoxy) is 2. The van der Waals surface area contributed by atoms with Gasteiger partial charge < -0.3 is 14.8 Å². The van der Waals surface area contributed by atoms with Crippen LogP contribution in [0.15, 0.2) is 46.9 Å². The molecule has 3 nitrogen and oxygen atoms in total. The summed E-state index contributed by atoms with van der Waals surface area (Å²) in [5.41, 5.74) is 1.58. The highest BCUT2D eigenvalue weighted by molar-refractivity contribution is 9.10. The molecule has 1 unspecified atom stereocenters. The van der Waals surface area contributed by atoms with Crippen molar-refractivity contribution in [2.24, 2.45) is 0 Å². The summed E-state index contributed by atoms with van der Waals surface area (Å²) >= 11 is 3.35. The molecule has 1 aliphatic rings. The summed E-state index contributed by atoms with van der Waals surface area (Å²) in [5, 5.41) is 3.14. The third kappa shape index (κ3) is 3.47. The van der Waals surface area contributed by atoms with Gasteiger partial charge in [-0.3, -0.25) is 0 Å². The van der Waals surface area contributed by atoms with Crippen molar-refractivity contribution in [3.8, 4) is 11.5 Å². The summed E-state index contributed by atoms with van der Waals surface area (Å²) in [6.07, 6.45) is -5.00. The van der Waals surface area contributed by atoms with Crippen molar-refractivity contribution < 1.29 is 22.6 Å². The lowest BCUT2D eigenvalue weighted by molar-refractivity contribution is -0.274. The maximum atomic E-state index is 12.3. The van der Waals surface area contributed by atoms with Crippen molar-refractivity contribution in [1.82, 2.24) is 0 Å². The highest BCUT2D eigenvalue weighted by Gasteiger charge is 2.32. The van der Waals surface area contributed by atoms with Gasteiger partial charge in [0.25, 0.3) is 0 Å². The molecule has 0 saturated carbocycles. The van der Waals surface area contributed by atoms with Crippen LogP contribution in [0.25, 0.3) is 0 Å². The number of rotatable bonds is 2. The molecule has 1 heterocycles. The third-order valence-electron chi connectivity index (χ3n) is 3.18. The predicted octanol–water partition coefficient (Wildman–Crippen LogP) is 4.89. The highest BCUT2D eigenvalue weighted by Crippen LogP contribution is 2.38. The van der Waals surface area contributed by atoms with Crippen molar-refractivity contribution >= 4 is 21.6 Å². The van der Waals surface area contributed by atoms with E-state index in [-0.39, 0.29) is 11.9 Å². The monoisotopic (exact) mass is 373 g/mol. The standard InChI is InChI=1S/C15H11BrF3NO2/c16-10-3-1-9(2-4-10)14-8-20-12-6-5-11(7-13(12)21-14)22-15(17,18)19/h1-7,14,20H,8H2. The molecule has 1 atom stereocenters. The largest absolute Gasteiger partial charge is 0.573 e. The van der Waals surface area contributed by atoms with E-state index in [0.29, 0.717) is 18.0 Å². The van der Waals surface area contributed by atoms with Crippen LogP contribution in [0.3, 0.4) is 0 Å². The predicted molar refractivity (Wildman–Crippen MR) is 79.1 cm³/mol. The number of hydrogen-bond donors (Lipinski definition) is 1. The first-order valence-corrected chi connectivity index (χ1v) is 7.26. The van der Waals surface area contributed by atoms with Gasteiger partial charge in [-0.2, -0.15) is 0 Å². The minimum absolute atomic E-state index is 0.276. The van der Waals surface area contributed by atoms with E-state index in [0.717, 1.165) is 10.0 Å². The molecule has 2 aromatic rings. The van der Waals surface area contributed by atoms with Gasteiger partial charge in [-0.15, -0.1) is 13.2 Å². The lowest BCUT2D eigenvalue weighted by Gasteiger charge is -2.28. The van der Waals surface area contributed by atoms with Crippen molar-refractivity contribution in [3.05, 3.63) is 52.5 Å². The maximum Gasteiger partial charge on any atom is 0.573 e. The quantitative estimate of drug-likeness (QED) is 0.812. The Morgan fingerprint density at radius 1 is 1.14 bits per heavy atom. The van der Waals surface area contributed by atoms with E-state index in [2.05, 4.69) is 26.0 Å². The summed E-state index contributed by atoms with van der Waals surface area (Å²) < 4.78 is 47.5. The van der Waals surface area contributed by atoms with Crippen LogP contribution < -0.4 is 14.8 Å². The Bertz CT molecular complexity index is 673. The minimum Gasteiger partial charge on any atom is -0.482 e. The molecule has 0 amide bonds. The van der Waals surface area contributed by atoms with Crippen molar-refractivity contribution in [1.29, 1.82) is 0 Å². The number of halogens is 4. The van der Waals surface area contributed by atoms with Gasteiger partial charge in [0.2, 0.25) is 0 Å². The zero-order valence-corrected chi connectivity index (χ0v) is 12.7. The Hall–Kier alpha value is -1.89. The molecule has 0 radical (unpaired) electrons. The lowest BCUT2D eigenvalue weighted by atomic mass is 10.1. The van der Waals surface area contributed by atoms with Gasteiger partial charge in [-0.1, -0.05) is 28.1 Å². The molecule has 0 saturated heterocycles. The highest BCUT2D eigenvalue weighted by atomic mass is 79.9. The van der Waals surface area contributed by atoms with Crippen LogP contribution in [0.2, 0.25) is 0 Å². The van der Waals surface area contributed by atoms with E-state index in [1.54, 1.807) is 0 Å². The Morgan fingerprint density at radius 3 is 2.55 bits per heavy atom. The van der Waals surface area contributed by atoms with Crippen LogP contribution in [0.5, 0.6) is 11.5 Å². The molecule has 3 rings (SSSR count). The Balaban J connectivity index is 1.81. The van der Waals surface area contributed by atoms with Crippen molar-refractivity contribution in [3.63, 3.8) is 0 Å². The Kier molecular flexibility index (Phi) is 3.90. The molecule has 1 N–H and O–H groups in total. The first kappa shape index (κ1) is 15.0. The van der Waals surface area contributed by atoms with Crippen LogP contribution in [0, 0.1) is 0 Å². The number of anilines is 1. The van der Waals surface area contributed by atoms with Crippen LogP contribution in [0.1, 0.15) is 11.7 Å². The zero-order valence-electron chi connectivity index (χ0n) is 11.2. The van der Waals surface area contributed by atoms with Gasteiger partial charge in [-0.25, -0.2) is 0 Å². The fourth-order valence-corrected chi connectivity index (χ4v) is 2.47. The smallest absolute Gasteiger partial charge is 0.482 e. The number of hydrogen-bond acceptors (Lipinski definition) is 3. The topological polar surface area (TPSA) is 30.5 Å². The molecule has 0 aliphatic carbocycles. The third-order valence-corrected chi connectivity index (χ3v) is 3.70. The van der Waals surface area contributed by atoms with E-state index < -0.39 is 6.36 Å². The molecule has 0 fully saturated rings. The number of nitrogens with one attached hydrogen (secondary N) is 1. The van der Waals surface area contributed by atoms with Crippen LogP contribution >= 0.6 is 15.9 Å². The second-order valence-corrected chi connectivity index (χ2v) is 5.66. The Morgan fingerprint density at radius 2 is 1.86 bits per heavy atom. The molecular weight excluding hydrogens is 363 g/mol. The number of alkyl halides is 3. The van der Waals surface area contributed by atoms with E-state index in [1.807, 2.05) is 24.3 Å². The molecular formula is C15H11BrF3NO2. The van der Waals surface area contributed by atoms with Gasteiger partial charge in [0.15, 0.2) is 0 Å². The minimum atomic E-state index is -4.72. The summed E-state index contributed by atoms with van der Waals surface area (Å²) in [6.45, 7) is 0.536. The van der Waals surface area contributed by atoms with Gasteiger partial charge in [0.05, 0.1) is 12.2 Å². The molecule has 0 bridgehead atoms. The van der Waals surface area contributed by atoms with Crippen molar-refractivity contribution in [2.45, 2.75) is 12.5 Å². The summed E-state index contributed by atoms with van der Waals surface area (Å²) in [7, 11) is 0. The number of benzene rings is 2. The van der Waals surface area contributed by atoms with Gasteiger partial charge >= 0.3 is 6.36 Å².